The Labute approximate surface area is 167 Å². The van der Waals surface area contributed by atoms with Crippen molar-refractivity contribution in [2.24, 2.45) is 0 Å². The maximum Gasteiger partial charge on any atom is 0.332 e. The average molecular weight is 397 g/mol. The van der Waals surface area contributed by atoms with E-state index in [0.29, 0.717) is 21.5 Å². The lowest BCUT2D eigenvalue weighted by atomic mass is 9.95. The summed E-state index contributed by atoms with van der Waals surface area (Å²) in [7, 11) is 0. The fourth-order valence-corrected chi connectivity index (χ4v) is 4.15. The molecule has 4 rings (SSSR count). The van der Waals surface area contributed by atoms with E-state index in [0.717, 1.165) is 32.1 Å². The first-order valence-corrected chi connectivity index (χ1v) is 9.97. The van der Waals surface area contributed by atoms with Crippen molar-refractivity contribution < 1.29 is 4.79 Å². The number of carbonyl (C=O) groups excluding carboxylic acids is 1. The Morgan fingerprint density at radius 1 is 0.964 bits per heavy atom. The Hall–Kier alpha value is -2.66. The third kappa shape index (κ3) is 3.42. The van der Waals surface area contributed by atoms with Gasteiger partial charge in [-0.15, -0.1) is 0 Å². The van der Waals surface area contributed by atoms with Gasteiger partial charge in [-0.25, -0.2) is 4.79 Å². The predicted molar refractivity (Wildman–Crippen MR) is 110 cm³/mol. The van der Waals surface area contributed by atoms with Crippen molar-refractivity contribution in [1.29, 1.82) is 0 Å². The largest absolute Gasteiger partial charge is 0.332 e. The summed E-state index contributed by atoms with van der Waals surface area (Å²) < 4.78 is 2.80. The molecule has 0 unspecified atom stereocenters. The molecule has 1 aliphatic rings. The van der Waals surface area contributed by atoms with Crippen LogP contribution in [-0.4, -0.2) is 14.9 Å². The van der Waals surface area contributed by atoms with Gasteiger partial charge in [0.05, 0.1) is 17.4 Å². The highest BCUT2D eigenvalue weighted by molar-refractivity contribution is 6.30. The van der Waals surface area contributed by atoms with Crippen molar-refractivity contribution in [3.05, 3.63) is 80.0 Å². The van der Waals surface area contributed by atoms with Gasteiger partial charge >= 0.3 is 5.69 Å². The molecule has 1 heterocycles. The molecule has 0 bridgehead atoms. The van der Waals surface area contributed by atoms with Crippen LogP contribution in [0.1, 0.15) is 48.5 Å². The Bertz CT molecular complexity index is 1140. The molecule has 0 spiro atoms. The Morgan fingerprint density at radius 2 is 1.64 bits per heavy atom. The van der Waals surface area contributed by atoms with Crippen LogP contribution >= 0.6 is 11.6 Å². The number of ketones is 1. The molecule has 144 valence electrons. The van der Waals surface area contributed by atoms with Gasteiger partial charge in [-0.2, -0.15) is 0 Å². The number of benzene rings is 2. The summed E-state index contributed by atoms with van der Waals surface area (Å²) in [5.41, 5.74) is 0.309. The van der Waals surface area contributed by atoms with Crippen LogP contribution in [-0.2, 0) is 6.54 Å². The van der Waals surface area contributed by atoms with Crippen LogP contribution < -0.4 is 11.2 Å². The highest BCUT2D eigenvalue weighted by Crippen LogP contribution is 2.26. The summed E-state index contributed by atoms with van der Waals surface area (Å²) in [6, 6.07) is 13.5. The predicted octanol–water partition coefficient (Wildman–Crippen LogP) is 4.20. The monoisotopic (exact) mass is 396 g/mol. The quantitative estimate of drug-likeness (QED) is 0.621. The van der Waals surface area contributed by atoms with E-state index >= 15 is 0 Å². The van der Waals surface area contributed by atoms with Crippen LogP contribution in [0.2, 0.25) is 5.02 Å². The molecular formula is C22H21ClN2O3. The number of nitrogens with zero attached hydrogens (tertiary/aromatic N) is 2. The maximum atomic E-state index is 13.3. The molecule has 0 atom stereocenters. The number of para-hydroxylation sites is 1. The smallest absolute Gasteiger partial charge is 0.292 e. The van der Waals surface area contributed by atoms with Crippen molar-refractivity contribution in [3.63, 3.8) is 0 Å². The van der Waals surface area contributed by atoms with Gasteiger partial charge in [0.1, 0.15) is 0 Å². The lowest BCUT2D eigenvalue weighted by molar-refractivity contribution is 0.0971. The minimum Gasteiger partial charge on any atom is -0.292 e. The molecule has 1 aromatic heterocycles. The first-order chi connectivity index (χ1) is 13.6. The van der Waals surface area contributed by atoms with Gasteiger partial charge in [0, 0.05) is 16.6 Å². The lowest BCUT2D eigenvalue weighted by Gasteiger charge is -2.24. The van der Waals surface area contributed by atoms with Crippen molar-refractivity contribution in [3.8, 4) is 0 Å². The summed E-state index contributed by atoms with van der Waals surface area (Å²) >= 11 is 5.90. The normalized spacial score (nSPS) is 15.0. The second-order valence-electron chi connectivity index (χ2n) is 7.28. The fraction of sp³-hybridized carbons (Fsp3) is 0.318. The maximum absolute atomic E-state index is 13.3. The van der Waals surface area contributed by atoms with Gasteiger partial charge < -0.3 is 0 Å². The topological polar surface area (TPSA) is 61.1 Å². The van der Waals surface area contributed by atoms with Crippen LogP contribution in [0.5, 0.6) is 0 Å². The van der Waals surface area contributed by atoms with E-state index in [4.69, 9.17) is 11.6 Å². The van der Waals surface area contributed by atoms with E-state index < -0.39 is 5.69 Å². The second-order valence-corrected chi connectivity index (χ2v) is 7.72. The van der Waals surface area contributed by atoms with E-state index in [9.17, 15) is 14.4 Å². The molecule has 5 nitrogen and oxygen atoms in total. The Balaban J connectivity index is 1.84. The molecule has 6 heteroatoms. The minimum atomic E-state index is -0.405. The van der Waals surface area contributed by atoms with Crippen molar-refractivity contribution in [2.75, 3.05) is 0 Å². The van der Waals surface area contributed by atoms with E-state index in [1.807, 2.05) is 0 Å². The van der Waals surface area contributed by atoms with E-state index in [1.54, 1.807) is 48.5 Å². The fourth-order valence-electron chi connectivity index (χ4n) is 4.02. The molecule has 0 N–H and O–H groups in total. The Morgan fingerprint density at radius 3 is 2.36 bits per heavy atom. The summed E-state index contributed by atoms with van der Waals surface area (Å²) in [5, 5.41) is 1.02. The molecule has 1 fully saturated rings. The van der Waals surface area contributed by atoms with Gasteiger partial charge in [-0.05, 0) is 49.2 Å². The van der Waals surface area contributed by atoms with Gasteiger partial charge in [-0.3, -0.25) is 18.7 Å². The summed E-state index contributed by atoms with van der Waals surface area (Å²) in [6.45, 7) is -0.117. The lowest BCUT2D eigenvalue weighted by Crippen LogP contribution is -2.43. The van der Waals surface area contributed by atoms with E-state index in [2.05, 4.69) is 0 Å². The molecular weight excluding hydrogens is 376 g/mol. The standard InChI is InChI=1S/C22H21ClN2O3/c23-16-12-10-15(11-13-16)20(26)14-24-19-9-5-4-8-18(19)21(27)25(22(24)28)17-6-2-1-3-7-17/h4-5,8-13,17H,1-3,6-7,14H2. The first kappa shape index (κ1) is 18.7. The van der Waals surface area contributed by atoms with Gasteiger partial charge in [-0.1, -0.05) is 43.0 Å². The molecule has 2 aromatic carbocycles. The number of carbonyl (C=O) groups is 1. The summed E-state index contributed by atoms with van der Waals surface area (Å²) in [4.78, 5) is 39.1. The molecule has 0 saturated heterocycles. The third-order valence-electron chi connectivity index (χ3n) is 5.49. The molecule has 28 heavy (non-hydrogen) atoms. The van der Waals surface area contributed by atoms with Crippen LogP contribution in [0, 0.1) is 0 Å². The number of fused-ring (bicyclic) bond motifs is 1. The van der Waals surface area contributed by atoms with Crippen LogP contribution in [0.25, 0.3) is 10.9 Å². The van der Waals surface area contributed by atoms with E-state index in [-0.39, 0.29) is 23.9 Å². The number of hydrogen-bond donors (Lipinski definition) is 0. The van der Waals surface area contributed by atoms with Crippen molar-refractivity contribution in [2.45, 2.75) is 44.7 Å². The molecule has 1 aliphatic carbocycles. The Kier molecular flexibility index (Phi) is 5.18. The molecule has 3 aromatic rings. The average Bonchev–Trinajstić information content (AvgIpc) is 2.72. The van der Waals surface area contributed by atoms with Gasteiger partial charge in [0.25, 0.3) is 5.56 Å². The molecule has 0 aliphatic heterocycles. The zero-order valence-corrected chi connectivity index (χ0v) is 16.2. The highest BCUT2D eigenvalue weighted by Gasteiger charge is 2.23. The molecule has 0 amide bonds. The zero-order chi connectivity index (χ0) is 19.7. The minimum absolute atomic E-state index is 0.102. The van der Waals surface area contributed by atoms with Gasteiger partial charge in [0.15, 0.2) is 5.78 Å². The number of aromatic nitrogens is 2. The van der Waals surface area contributed by atoms with Crippen LogP contribution in [0.4, 0.5) is 0 Å². The van der Waals surface area contributed by atoms with Crippen molar-refractivity contribution in [1.82, 2.24) is 9.13 Å². The number of hydrogen-bond acceptors (Lipinski definition) is 3. The molecule has 1 saturated carbocycles. The van der Waals surface area contributed by atoms with Crippen LogP contribution in [0.3, 0.4) is 0 Å². The highest BCUT2D eigenvalue weighted by atomic mass is 35.5. The van der Waals surface area contributed by atoms with Crippen molar-refractivity contribution >= 4 is 28.3 Å². The van der Waals surface area contributed by atoms with E-state index in [1.165, 1.54) is 9.13 Å². The summed E-state index contributed by atoms with van der Waals surface area (Å²) in [5.74, 6) is -0.197. The summed E-state index contributed by atoms with van der Waals surface area (Å²) in [6.07, 6.45) is 4.78. The third-order valence-corrected chi connectivity index (χ3v) is 5.74. The molecule has 0 radical (unpaired) electrons. The SMILES string of the molecule is O=C(Cn1c(=O)n(C2CCCCC2)c(=O)c2ccccc21)c1ccc(Cl)cc1. The zero-order valence-electron chi connectivity index (χ0n) is 15.4. The number of Topliss-reactive ketones (excluding diaryl/α,β-unsaturated/α-hetero) is 1. The second kappa shape index (κ2) is 7.76. The number of halogens is 1. The van der Waals surface area contributed by atoms with Gasteiger partial charge in [0.2, 0.25) is 0 Å². The van der Waals surface area contributed by atoms with Crippen LogP contribution in [0.15, 0.2) is 58.1 Å². The first-order valence-electron chi connectivity index (χ1n) is 9.59. The number of rotatable bonds is 4.